The number of rotatable bonds is 6. The van der Waals surface area contributed by atoms with Crippen LogP contribution in [0, 0.1) is 0 Å². The molecule has 10 heteroatoms. The lowest BCUT2D eigenvalue weighted by Gasteiger charge is -2.32. The summed E-state index contributed by atoms with van der Waals surface area (Å²) in [5.74, 6) is 2.70. The van der Waals surface area contributed by atoms with Gasteiger partial charge in [0.1, 0.15) is 11.6 Å². The first-order chi connectivity index (χ1) is 16.1. The molecule has 1 aliphatic carbocycles. The van der Waals surface area contributed by atoms with Gasteiger partial charge < -0.3 is 20.4 Å². The summed E-state index contributed by atoms with van der Waals surface area (Å²) in [5.41, 5.74) is 2.04. The number of hydrogen-bond donors (Lipinski definition) is 3. The summed E-state index contributed by atoms with van der Waals surface area (Å²) in [6.45, 7) is 2.77. The van der Waals surface area contributed by atoms with Crippen LogP contribution in [0.25, 0.3) is 5.52 Å². The number of H-pyrrole nitrogens is 1. The Hall–Kier alpha value is -3.14. The summed E-state index contributed by atoms with van der Waals surface area (Å²) >= 11 is 0. The molecular weight excluding hydrogens is 418 g/mol. The van der Waals surface area contributed by atoms with Gasteiger partial charge in [0.25, 0.3) is 0 Å². The standard InChI is InChI=1S/C23H31N9O/c1-30-10-2-5-16(14-30)24-22(33)19-7-3-11-31(19)23-26-21(18-6-4-12-32(18)29-23)25-20-13-17(27-28-20)15-8-9-15/h4,6,12-13,15-16,19H,2-3,5,7-11,14H2,1H3,(H,24,33)(H2,25,26,27,28,29)/t16-,19+/m1/s1. The Morgan fingerprint density at radius 3 is 2.91 bits per heavy atom. The average molecular weight is 450 g/mol. The monoisotopic (exact) mass is 449 g/mol. The van der Waals surface area contributed by atoms with E-state index in [0.717, 1.165) is 56.7 Å². The molecule has 1 saturated carbocycles. The number of hydrogen-bond acceptors (Lipinski definition) is 7. The molecule has 0 aromatic carbocycles. The number of nitrogens with one attached hydrogen (secondary N) is 3. The zero-order valence-electron chi connectivity index (χ0n) is 19.0. The molecule has 6 rings (SSSR count). The molecule has 33 heavy (non-hydrogen) atoms. The van der Waals surface area contributed by atoms with Crippen molar-refractivity contribution in [1.82, 2.24) is 35.0 Å². The van der Waals surface area contributed by atoms with Crippen LogP contribution in [0.5, 0.6) is 0 Å². The van der Waals surface area contributed by atoms with Crippen LogP contribution in [-0.4, -0.2) is 74.4 Å². The van der Waals surface area contributed by atoms with Crippen molar-refractivity contribution in [2.75, 3.05) is 36.9 Å². The normalized spacial score (nSPS) is 23.8. The van der Waals surface area contributed by atoms with E-state index in [0.29, 0.717) is 17.7 Å². The van der Waals surface area contributed by atoms with Crippen molar-refractivity contribution in [3.8, 4) is 0 Å². The molecule has 3 fully saturated rings. The van der Waals surface area contributed by atoms with Crippen molar-refractivity contribution >= 4 is 29.0 Å². The van der Waals surface area contributed by atoms with Crippen LogP contribution in [0.15, 0.2) is 24.4 Å². The molecule has 5 heterocycles. The molecule has 2 atom stereocenters. The zero-order chi connectivity index (χ0) is 22.4. The Morgan fingerprint density at radius 1 is 1.18 bits per heavy atom. The van der Waals surface area contributed by atoms with E-state index in [1.54, 1.807) is 0 Å². The minimum Gasteiger partial charge on any atom is -0.350 e. The summed E-state index contributed by atoms with van der Waals surface area (Å²) in [6, 6.07) is 5.96. The number of nitrogens with zero attached hydrogens (tertiary/aromatic N) is 6. The van der Waals surface area contributed by atoms with Crippen molar-refractivity contribution in [3.05, 3.63) is 30.1 Å². The lowest BCUT2D eigenvalue weighted by molar-refractivity contribution is -0.123. The smallest absolute Gasteiger partial charge is 0.246 e. The lowest BCUT2D eigenvalue weighted by Crippen LogP contribution is -2.52. The molecule has 174 valence electrons. The second-order valence-electron chi connectivity index (χ2n) is 9.67. The van der Waals surface area contributed by atoms with Crippen LogP contribution in [-0.2, 0) is 4.79 Å². The van der Waals surface area contributed by atoms with Crippen molar-refractivity contribution < 1.29 is 4.79 Å². The fraction of sp³-hybridized carbons (Fsp3) is 0.565. The molecule has 0 radical (unpaired) electrons. The number of anilines is 3. The minimum absolute atomic E-state index is 0.0832. The van der Waals surface area contributed by atoms with E-state index in [-0.39, 0.29) is 18.0 Å². The fourth-order valence-corrected chi connectivity index (χ4v) is 5.12. The molecule has 0 spiro atoms. The van der Waals surface area contributed by atoms with Crippen LogP contribution in [0.4, 0.5) is 17.6 Å². The van der Waals surface area contributed by atoms with Gasteiger partial charge in [-0.3, -0.25) is 9.89 Å². The lowest BCUT2D eigenvalue weighted by atomic mass is 10.1. The van der Waals surface area contributed by atoms with E-state index >= 15 is 0 Å². The van der Waals surface area contributed by atoms with Crippen LogP contribution >= 0.6 is 0 Å². The van der Waals surface area contributed by atoms with Gasteiger partial charge >= 0.3 is 0 Å². The predicted molar refractivity (Wildman–Crippen MR) is 126 cm³/mol. The van der Waals surface area contributed by atoms with E-state index in [9.17, 15) is 4.79 Å². The van der Waals surface area contributed by atoms with Gasteiger partial charge in [-0.05, 0) is 64.3 Å². The van der Waals surface area contributed by atoms with Crippen LogP contribution < -0.4 is 15.5 Å². The first kappa shape index (κ1) is 20.5. The predicted octanol–water partition coefficient (Wildman–Crippen LogP) is 2.25. The highest BCUT2D eigenvalue weighted by Crippen LogP contribution is 2.39. The molecule has 3 N–H and O–H groups in total. The quantitative estimate of drug-likeness (QED) is 0.530. The highest BCUT2D eigenvalue weighted by Gasteiger charge is 2.34. The molecule has 2 saturated heterocycles. The summed E-state index contributed by atoms with van der Waals surface area (Å²) in [5, 5.41) is 18.9. The number of fused-ring (bicyclic) bond motifs is 1. The Balaban J connectivity index is 1.24. The summed E-state index contributed by atoms with van der Waals surface area (Å²) in [7, 11) is 2.11. The summed E-state index contributed by atoms with van der Waals surface area (Å²) in [6.07, 6.45) is 8.27. The first-order valence-corrected chi connectivity index (χ1v) is 12.1. The third-order valence-corrected chi connectivity index (χ3v) is 7.02. The number of aromatic nitrogens is 5. The molecule has 0 unspecified atom stereocenters. The van der Waals surface area contributed by atoms with E-state index in [1.165, 1.54) is 18.5 Å². The van der Waals surface area contributed by atoms with Gasteiger partial charge in [-0.15, -0.1) is 5.10 Å². The molecule has 0 bridgehead atoms. The van der Waals surface area contributed by atoms with E-state index in [1.807, 2.05) is 27.7 Å². The number of carbonyl (C=O) groups excluding carboxylic acids is 1. The summed E-state index contributed by atoms with van der Waals surface area (Å²) in [4.78, 5) is 22.4. The number of likely N-dealkylation sites (N-methyl/N-ethyl adjacent to an activating group) is 1. The maximum atomic E-state index is 13.2. The first-order valence-electron chi connectivity index (χ1n) is 12.1. The second kappa shape index (κ2) is 8.33. The van der Waals surface area contributed by atoms with Crippen molar-refractivity contribution in [2.45, 2.75) is 56.5 Å². The average Bonchev–Trinajstić information content (AvgIpc) is 3.19. The van der Waals surface area contributed by atoms with Gasteiger partial charge in [0.2, 0.25) is 11.9 Å². The third kappa shape index (κ3) is 4.15. The van der Waals surface area contributed by atoms with Crippen LogP contribution in [0.1, 0.15) is 50.1 Å². The zero-order valence-corrected chi connectivity index (χ0v) is 19.0. The fourth-order valence-electron chi connectivity index (χ4n) is 5.12. The molecule has 3 aromatic heterocycles. The highest BCUT2D eigenvalue weighted by molar-refractivity contribution is 5.86. The molecule has 10 nitrogen and oxygen atoms in total. The Bertz CT molecular complexity index is 1150. The van der Waals surface area contributed by atoms with Gasteiger partial charge in [-0.25, -0.2) is 4.52 Å². The Kier molecular flexibility index (Phi) is 5.17. The van der Waals surface area contributed by atoms with E-state index in [2.05, 4.69) is 38.8 Å². The number of carbonyl (C=O) groups is 1. The number of piperidine rings is 1. The molecule has 3 aromatic rings. The van der Waals surface area contributed by atoms with Crippen molar-refractivity contribution in [1.29, 1.82) is 0 Å². The Morgan fingerprint density at radius 2 is 2.06 bits per heavy atom. The third-order valence-electron chi connectivity index (χ3n) is 7.02. The van der Waals surface area contributed by atoms with E-state index in [4.69, 9.17) is 10.1 Å². The van der Waals surface area contributed by atoms with E-state index < -0.39 is 0 Å². The number of likely N-dealkylation sites (tertiary alicyclic amines) is 1. The van der Waals surface area contributed by atoms with Crippen LogP contribution in [0.2, 0.25) is 0 Å². The van der Waals surface area contributed by atoms with Gasteiger partial charge in [-0.2, -0.15) is 10.1 Å². The second-order valence-corrected chi connectivity index (χ2v) is 9.67. The van der Waals surface area contributed by atoms with Gasteiger partial charge in [0, 0.05) is 43.0 Å². The highest BCUT2D eigenvalue weighted by atomic mass is 16.2. The van der Waals surface area contributed by atoms with Gasteiger partial charge in [-0.1, -0.05) is 0 Å². The number of aromatic amines is 1. The van der Waals surface area contributed by atoms with Gasteiger partial charge in [0.15, 0.2) is 11.6 Å². The maximum Gasteiger partial charge on any atom is 0.246 e. The van der Waals surface area contributed by atoms with Crippen molar-refractivity contribution in [2.24, 2.45) is 0 Å². The summed E-state index contributed by atoms with van der Waals surface area (Å²) < 4.78 is 1.82. The molecule has 1 amide bonds. The maximum absolute atomic E-state index is 13.2. The SMILES string of the molecule is CN1CCC[C@@H](NC(=O)[C@@H]2CCCN2c2nc(Nc3cc(C4CC4)[nH]n3)c3cccn3n2)C1. The largest absolute Gasteiger partial charge is 0.350 e. The van der Waals surface area contributed by atoms with Crippen molar-refractivity contribution in [3.63, 3.8) is 0 Å². The topological polar surface area (TPSA) is 106 Å². The van der Waals surface area contributed by atoms with Crippen LogP contribution in [0.3, 0.4) is 0 Å². The van der Waals surface area contributed by atoms with Gasteiger partial charge in [0.05, 0.1) is 0 Å². The molecular formula is C23H31N9O. The molecule has 3 aliphatic rings. The molecule has 2 aliphatic heterocycles. The Labute approximate surface area is 192 Å². The number of amides is 1. The minimum atomic E-state index is -0.245.